The predicted octanol–water partition coefficient (Wildman–Crippen LogP) is 2.77. The van der Waals surface area contributed by atoms with Gasteiger partial charge in [-0.25, -0.2) is 4.98 Å². The van der Waals surface area contributed by atoms with Crippen molar-refractivity contribution in [3.05, 3.63) is 34.6 Å². The first-order valence-electron chi connectivity index (χ1n) is 5.87. The lowest BCUT2D eigenvalue weighted by atomic mass is 10.3. The molecule has 5 nitrogen and oxygen atoms in total. The quantitative estimate of drug-likeness (QED) is 0.827. The minimum atomic E-state index is -0.864. The van der Waals surface area contributed by atoms with Gasteiger partial charge in [0.25, 0.3) is 0 Å². The van der Waals surface area contributed by atoms with Gasteiger partial charge in [0.15, 0.2) is 4.34 Å². The number of nitrogens with zero attached hydrogens (tertiary/aromatic N) is 2. The lowest BCUT2D eigenvalue weighted by molar-refractivity contribution is -0.136. The number of hydrogen-bond donors (Lipinski definition) is 1. The molecule has 20 heavy (non-hydrogen) atoms. The number of carboxylic acids is 1. The van der Waals surface area contributed by atoms with Crippen LogP contribution in [0.25, 0.3) is 0 Å². The van der Waals surface area contributed by atoms with Gasteiger partial charge < -0.3 is 9.84 Å². The number of rotatable bonds is 6. The summed E-state index contributed by atoms with van der Waals surface area (Å²) in [4.78, 5) is 19.3. The Morgan fingerprint density at radius 1 is 1.40 bits per heavy atom. The maximum atomic E-state index is 10.6. The number of methoxy groups -OCH3 is 1. The fraction of sp³-hybridized carbons (Fsp3) is 0.308. The zero-order valence-corrected chi connectivity index (χ0v) is 12.8. The normalized spacial score (nSPS) is 10.5. The zero-order chi connectivity index (χ0) is 14.5. The van der Waals surface area contributed by atoms with E-state index >= 15 is 0 Å². The molecule has 2 aromatic heterocycles. The Kier molecular flexibility index (Phi) is 4.97. The number of hydrogen-bond acceptors (Lipinski definition) is 6. The van der Waals surface area contributed by atoms with Crippen LogP contribution in [0.15, 0.2) is 21.9 Å². The number of aryl methyl sites for hydroxylation is 1. The van der Waals surface area contributed by atoms with Crippen LogP contribution in [0, 0.1) is 6.92 Å². The molecule has 2 heterocycles. The molecule has 0 spiro atoms. The first kappa shape index (κ1) is 14.8. The fourth-order valence-electron chi connectivity index (χ4n) is 1.62. The largest absolute Gasteiger partial charge is 0.497 e. The van der Waals surface area contributed by atoms with Crippen LogP contribution in [0.2, 0.25) is 0 Å². The Balaban J connectivity index is 1.99. The highest BCUT2D eigenvalue weighted by Gasteiger charge is 2.08. The van der Waals surface area contributed by atoms with Gasteiger partial charge in [0.05, 0.1) is 24.9 Å². The third kappa shape index (κ3) is 4.21. The van der Waals surface area contributed by atoms with Crippen molar-refractivity contribution in [3.8, 4) is 5.75 Å². The molecule has 0 bridgehead atoms. The van der Waals surface area contributed by atoms with Crippen molar-refractivity contribution in [2.24, 2.45) is 0 Å². The smallest absolute Gasteiger partial charge is 0.309 e. The van der Waals surface area contributed by atoms with Crippen molar-refractivity contribution < 1.29 is 14.6 Å². The SMILES string of the molecule is COc1cc(C)nc(CSc2nc(CC(=O)O)cs2)c1. The second-order valence-corrected chi connectivity index (χ2v) is 6.18. The number of aromatic nitrogens is 2. The molecule has 0 atom stereocenters. The maximum Gasteiger partial charge on any atom is 0.309 e. The van der Waals surface area contributed by atoms with Gasteiger partial charge in [0.2, 0.25) is 0 Å². The van der Waals surface area contributed by atoms with E-state index in [4.69, 9.17) is 9.84 Å². The van der Waals surface area contributed by atoms with Crippen LogP contribution in [-0.2, 0) is 17.0 Å². The van der Waals surface area contributed by atoms with Gasteiger partial charge >= 0.3 is 5.97 Å². The number of pyridine rings is 1. The molecule has 0 unspecified atom stereocenters. The summed E-state index contributed by atoms with van der Waals surface area (Å²) >= 11 is 3.00. The first-order valence-corrected chi connectivity index (χ1v) is 7.74. The van der Waals surface area contributed by atoms with Crippen LogP contribution in [0.1, 0.15) is 17.1 Å². The number of aliphatic carboxylic acids is 1. The van der Waals surface area contributed by atoms with E-state index in [1.807, 2.05) is 19.1 Å². The van der Waals surface area contributed by atoms with Gasteiger partial charge in [0.1, 0.15) is 5.75 Å². The van der Waals surface area contributed by atoms with E-state index in [-0.39, 0.29) is 6.42 Å². The minimum Gasteiger partial charge on any atom is -0.497 e. The van der Waals surface area contributed by atoms with Crippen molar-refractivity contribution in [1.82, 2.24) is 9.97 Å². The van der Waals surface area contributed by atoms with Crippen LogP contribution in [-0.4, -0.2) is 28.2 Å². The summed E-state index contributed by atoms with van der Waals surface area (Å²) in [6.45, 7) is 1.92. The van der Waals surface area contributed by atoms with Gasteiger partial charge in [0, 0.05) is 29.0 Å². The van der Waals surface area contributed by atoms with Crippen molar-refractivity contribution in [1.29, 1.82) is 0 Å². The average Bonchev–Trinajstić information content (AvgIpc) is 2.82. The molecule has 0 aliphatic carbocycles. The molecular weight excluding hydrogens is 296 g/mol. The molecule has 2 rings (SSSR count). The summed E-state index contributed by atoms with van der Waals surface area (Å²) in [5.41, 5.74) is 2.42. The summed E-state index contributed by atoms with van der Waals surface area (Å²) < 4.78 is 6.06. The highest BCUT2D eigenvalue weighted by molar-refractivity contribution is 8.00. The summed E-state index contributed by atoms with van der Waals surface area (Å²) in [5.74, 6) is 0.605. The van der Waals surface area contributed by atoms with Crippen molar-refractivity contribution in [2.45, 2.75) is 23.4 Å². The molecule has 0 saturated carbocycles. The molecule has 1 N–H and O–H groups in total. The molecular formula is C13H14N2O3S2. The summed E-state index contributed by atoms with van der Waals surface area (Å²) in [6.07, 6.45) is -0.0341. The van der Waals surface area contributed by atoms with E-state index in [0.29, 0.717) is 11.4 Å². The van der Waals surface area contributed by atoms with E-state index < -0.39 is 5.97 Å². The Labute approximate surface area is 125 Å². The third-order valence-electron chi connectivity index (χ3n) is 2.42. The van der Waals surface area contributed by atoms with E-state index in [2.05, 4.69) is 9.97 Å². The number of carbonyl (C=O) groups is 1. The van der Waals surface area contributed by atoms with Crippen molar-refractivity contribution in [2.75, 3.05) is 7.11 Å². The van der Waals surface area contributed by atoms with Crippen molar-refractivity contribution in [3.63, 3.8) is 0 Å². The molecule has 0 amide bonds. The fourth-order valence-corrected chi connectivity index (χ4v) is 3.36. The maximum absolute atomic E-state index is 10.6. The van der Waals surface area contributed by atoms with Gasteiger partial charge in [-0.15, -0.1) is 11.3 Å². The molecule has 0 radical (unpaired) electrons. The molecule has 7 heteroatoms. The second kappa shape index (κ2) is 6.71. The van der Waals surface area contributed by atoms with Gasteiger partial charge in [-0.05, 0) is 6.92 Å². The van der Waals surface area contributed by atoms with Crippen LogP contribution < -0.4 is 4.74 Å². The van der Waals surface area contributed by atoms with E-state index in [1.54, 1.807) is 24.3 Å². The number of carboxylic acid groups (broad SMARTS) is 1. The summed E-state index contributed by atoms with van der Waals surface area (Å²) in [5, 5.41) is 10.5. The highest BCUT2D eigenvalue weighted by Crippen LogP contribution is 2.27. The number of thiazole rings is 1. The monoisotopic (exact) mass is 310 g/mol. The van der Waals surface area contributed by atoms with Gasteiger partial charge in [-0.2, -0.15) is 0 Å². The lowest BCUT2D eigenvalue weighted by Gasteiger charge is -2.04. The standard InChI is InChI=1S/C13H14N2O3S2/c1-8-3-11(18-2)4-9(14-8)6-19-13-15-10(7-20-13)5-12(16)17/h3-4,7H,5-6H2,1-2H3,(H,16,17). The van der Waals surface area contributed by atoms with E-state index in [1.165, 1.54) is 11.3 Å². The van der Waals surface area contributed by atoms with Crippen LogP contribution in [0.5, 0.6) is 5.75 Å². The molecule has 106 valence electrons. The third-order valence-corrected chi connectivity index (χ3v) is 4.53. The average molecular weight is 310 g/mol. The zero-order valence-electron chi connectivity index (χ0n) is 11.1. The molecule has 0 aliphatic heterocycles. The summed E-state index contributed by atoms with van der Waals surface area (Å²) in [7, 11) is 1.63. The number of ether oxygens (including phenoxy) is 1. The van der Waals surface area contributed by atoms with Gasteiger partial charge in [-0.1, -0.05) is 11.8 Å². The van der Waals surface area contributed by atoms with Crippen molar-refractivity contribution >= 4 is 29.1 Å². The molecule has 0 fully saturated rings. The Hall–Kier alpha value is -1.60. The van der Waals surface area contributed by atoms with Gasteiger partial charge in [-0.3, -0.25) is 9.78 Å². The molecule has 2 aromatic rings. The van der Waals surface area contributed by atoms with E-state index in [9.17, 15) is 4.79 Å². The minimum absolute atomic E-state index is 0.0341. The lowest BCUT2D eigenvalue weighted by Crippen LogP contribution is -1.99. The Morgan fingerprint density at radius 2 is 2.20 bits per heavy atom. The molecule has 0 aliphatic rings. The Morgan fingerprint density at radius 3 is 2.90 bits per heavy atom. The predicted molar refractivity (Wildman–Crippen MR) is 78.5 cm³/mol. The summed E-state index contributed by atoms with van der Waals surface area (Å²) in [6, 6.07) is 3.77. The second-order valence-electron chi connectivity index (χ2n) is 4.10. The van der Waals surface area contributed by atoms with E-state index in [0.717, 1.165) is 21.5 Å². The topological polar surface area (TPSA) is 72.3 Å². The van der Waals surface area contributed by atoms with Crippen LogP contribution >= 0.6 is 23.1 Å². The number of thioether (sulfide) groups is 1. The van der Waals surface area contributed by atoms with Crippen LogP contribution in [0.4, 0.5) is 0 Å². The molecule has 0 aromatic carbocycles. The first-order chi connectivity index (χ1) is 9.56. The highest BCUT2D eigenvalue weighted by atomic mass is 32.2. The van der Waals surface area contributed by atoms with Crippen LogP contribution in [0.3, 0.4) is 0 Å². The Bertz CT molecular complexity index is 613. The molecule has 0 saturated heterocycles.